The number of hydrogen-bond donors (Lipinski definition) is 0. The molecule has 0 radical (unpaired) electrons. The van der Waals surface area contributed by atoms with Gasteiger partial charge in [0.05, 0.1) is 0 Å². The highest BCUT2D eigenvalue weighted by Gasteiger charge is 2.26. The Balaban J connectivity index is 1.58. The number of alkyl halides is 2. The normalized spacial score (nSPS) is 14.3. The van der Waals surface area contributed by atoms with Crippen LogP contribution in [0.3, 0.4) is 0 Å². The monoisotopic (exact) mass is 376 g/mol. The Bertz CT molecular complexity index is 796. The molecule has 0 aromatic carbocycles. The van der Waals surface area contributed by atoms with Crippen LogP contribution in [0.15, 0.2) is 42.7 Å². The molecular weight excluding hydrogens is 358 g/mol. The smallest absolute Gasteiger partial charge is 0.272 e. The second-order valence-electron chi connectivity index (χ2n) is 5.88. The van der Waals surface area contributed by atoms with E-state index >= 15 is 0 Å². The number of halogens is 2. The standard InChI is InChI=1S/C18H18F2N4O3/c19-15(20)12-27-16-11-13(4-6-22-16)17(25)23-7-9-24(10-8-23)18(26)14-3-1-2-5-21-14/h1-6,11,15H,7-10,12H2. The number of pyridine rings is 2. The second-order valence-corrected chi connectivity index (χ2v) is 5.88. The summed E-state index contributed by atoms with van der Waals surface area (Å²) in [6.45, 7) is 0.737. The lowest BCUT2D eigenvalue weighted by atomic mass is 10.2. The number of hydrogen-bond acceptors (Lipinski definition) is 5. The van der Waals surface area contributed by atoms with Crippen molar-refractivity contribution < 1.29 is 23.1 Å². The predicted molar refractivity (Wildman–Crippen MR) is 91.8 cm³/mol. The van der Waals surface area contributed by atoms with E-state index in [0.717, 1.165) is 0 Å². The van der Waals surface area contributed by atoms with E-state index in [4.69, 9.17) is 4.74 Å². The first-order valence-corrected chi connectivity index (χ1v) is 8.41. The van der Waals surface area contributed by atoms with Crippen molar-refractivity contribution in [2.45, 2.75) is 6.43 Å². The Hall–Kier alpha value is -3.10. The third kappa shape index (κ3) is 4.75. The van der Waals surface area contributed by atoms with Crippen LogP contribution in [0, 0.1) is 0 Å². The van der Waals surface area contributed by atoms with Crippen LogP contribution in [0.5, 0.6) is 5.88 Å². The van der Waals surface area contributed by atoms with Crippen LogP contribution < -0.4 is 4.74 Å². The Morgan fingerprint density at radius 1 is 1.00 bits per heavy atom. The van der Waals surface area contributed by atoms with Crippen molar-refractivity contribution in [3.8, 4) is 5.88 Å². The summed E-state index contributed by atoms with van der Waals surface area (Å²) < 4.78 is 29.3. The molecule has 3 rings (SSSR count). The molecule has 2 amide bonds. The van der Waals surface area contributed by atoms with E-state index in [1.54, 1.807) is 34.2 Å². The van der Waals surface area contributed by atoms with Crippen molar-refractivity contribution in [2.24, 2.45) is 0 Å². The molecule has 27 heavy (non-hydrogen) atoms. The number of carbonyl (C=O) groups excluding carboxylic acids is 2. The van der Waals surface area contributed by atoms with Gasteiger partial charge in [-0.05, 0) is 18.2 Å². The average Bonchev–Trinajstić information content (AvgIpc) is 2.72. The number of rotatable bonds is 5. The van der Waals surface area contributed by atoms with Crippen molar-refractivity contribution in [3.05, 3.63) is 54.0 Å². The van der Waals surface area contributed by atoms with Gasteiger partial charge in [0.1, 0.15) is 5.69 Å². The van der Waals surface area contributed by atoms with Gasteiger partial charge in [0.2, 0.25) is 5.88 Å². The van der Waals surface area contributed by atoms with Crippen molar-refractivity contribution in [1.29, 1.82) is 0 Å². The number of amides is 2. The number of aromatic nitrogens is 2. The van der Waals surface area contributed by atoms with Gasteiger partial charge in [-0.2, -0.15) is 0 Å². The molecule has 0 unspecified atom stereocenters. The summed E-state index contributed by atoms with van der Waals surface area (Å²) in [4.78, 5) is 36.1. The minimum absolute atomic E-state index is 0.0230. The van der Waals surface area contributed by atoms with Crippen LogP contribution in [0.2, 0.25) is 0 Å². The van der Waals surface area contributed by atoms with Crippen molar-refractivity contribution in [2.75, 3.05) is 32.8 Å². The Morgan fingerprint density at radius 3 is 2.33 bits per heavy atom. The molecular formula is C18H18F2N4O3. The molecule has 1 aliphatic heterocycles. The maximum atomic E-state index is 12.6. The van der Waals surface area contributed by atoms with E-state index < -0.39 is 13.0 Å². The second kappa shape index (κ2) is 8.52. The largest absolute Gasteiger partial charge is 0.472 e. The van der Waals surface area contributed by atoms with Gasteiger partial charge in [-0.1, -0.05) is 6.07 Å². The van der Waals surface area contributed by atoms with Crippen molar-refractivity contribution in [1.82, 2.24) is 19.8 Å². The van der Waals surface area contributed by atoms with Crippen molar-refractivity contribution >= 4 is 11.8 Å². The van der Waals surface area contributed by atoms with Gasteiger partial charge in [0.25, 0.3) is 18.2 Å². The molecule has 1 fully saturated rings. The molecule has 7 nitrogen and oxygen atoms in total. The maximum Gasteiger partial charge on any atom is 0.272 e. The molecule has 0 aliphatic carbocycles. The third-order valence-electron chi connectivity index (χ3n) is 4.08. The minimum atomic E-state index is -2.61. The molecule has 1 saturated heterocycles. The van der Waals surface area contributed by atoms with Crippen LogP contribution in [-0.4, -0.2) is 70.8 Å². The molecule has 0 saturated carbocycles. The summed E-state index contributed by atoms with van der Waals surface area (Å²) in [5.74, 6) is -0.455. The highest BCUT2D eigenvalue weighted by Crippen LogP contribution is 2.15. The van der Waals surface area contributed by atoms with E-state index in [1.807, 2.05) is 0 Å². The molecule has 0 spiro atoms. The molecule has 2 aromatic heterocycles. The number of ether oxygens (including phenoxy) is 1. The van der Waals surface area contributed by atoms with Gasteiger partial charge in [-0.3, -0.25) is 14.6 Å². The lowest BCUT2D eigenvalue weighted by molar-refractivity contribution is 0.0531. The fourth-order valence-corrected chi connectivity index (χ4v) is 2.72. The lowest BCUT2D eigenvalue weighted by Crippen LogP contribution is -2.50. The molecule has 9 heteroatoms. The summed E-state index contributed by atoms with van der Waals surface area (Å²) in [7, 11) is 0. The summed E-state index contributed by atoms with van der Waals surface area (Å²) in [6, 6.07) is 7.98. The summed E-state index contributed by atoms with van der Waals surface area (Å²) in [5.41, 5.74) is 0.672. The summed E-state index contributed by atoms with van der Waals surface area (Å²) >= 11 is 0. The van der Waals surface area contributed by atoms with E-state index in [0.29, 0.717) is 37.4 Å². The van der Waals surface area contributed by atoms with Crippen molar-refractivity contribution in [3.63, 3.8) is 0 Å². The SMILES string of the molecule is O=C(c1ccnc(OCC(F)F)c1)N1CCN(C(=O)c2ccccn2)CC1. The first-order chi connectivity index (χ1) is 13.0. The van der Waals surface area contributed by atoms with Gasteiger partial charge in [-0.25, -0.2) is 13.8 Å². The van der Waals surface area contributed by atoms with Gasteiger partial charge in [0.15, 0.2) is 6.61 Å². The molecule has 1 aliphatic rings. The van der Waals surface area contributed by atoms with Gasteiger partial charge < -0.3 is 14.5 Å². The topological polar surface area (TPSA) is 75.6 Å². The first kappa shape index (κ1) is 18.7. The zero-order valence-corrected chi connectivity index (χ0v) is 14.4. The van der Waals surface area contributed by atoms with Crippen LogP contribution in [0.25, 0.3) is 0 Å². The van der Waals surface area contributed by atoms with E-state index in [-0.39, 0.29) is 17.7 Å². The van der Waals surface area contributed by atoms with E-state index in [9.17, 15) is 18.4 Å². The van der Waals surface area contributed by atoms with Gasteiger partial charge in [-0.15, -0.1) is 0 Å². The molecule has 0 atom stereocenters. The maximum absolute atomic E-state index is 12.6. The Morgan fingerprint density at radius 2 is 1.70 bits per heavy atom. The predicted octanol–water partition coefficient (Wildman–Crippen LogP) is 1.72. The van der Waals surface area contributed by atoms with Crippen LogP contribution in [0.1, 0.15) is 20.8 Å². The summed E-state index contributed by atoms with van der Waals surface area (Å²) in [5, 5.41) is 0. The lowest BCUT2D eigenvalue weighted by Gasteiger charge is -2.34. The highest BCUT2D eigenvalue weighted by molar-refractivity contribution is 5.95. The third-order valence-corrected chi connectivity index (χ3v) is 4.08. The van der Waals surface area contributed by atoms with Gasteiger partial charge in [0, 0.05) is 50.2 Å². The number of piperazine rings is 1. The van der Waals surface area contributed by atoms with E-state index in [2.05, 4.69) is 9.97 Å². The average molecular weight is 376 g/mol. The van der Waals surface area contributed by atoms with E-state index in [1.165, 1.54) is 18.3 Å². The molecule has 0 bridgehead atoms. The molecule has 3 heterocycles. The fraction of sp³-hybridized carbons (Fsp3) is 0.333. The Labute approximate surface area is 154 Å². The Kier molecular flexibility index (Phi) is 5.90. The van der Waals surface area contributed by atoms with Gasteiger partial charge >= 0.3 is 0 Å². The minimum Gasteiger partial charge on any atom is -0.472 e. The zero-order chi connectivity index (χ0) is 19.2. The first-order valence-electron chi connectivity index (χ1n) is 8.41. The molecule has 142 valence electrons. The summed E-state index contributed by atoms with van der Waals surface area (Å²) in [6.07, 6.45) is 0.287. The molecule has 2 aromatic rings. The number of carbonyl (C=O) groups is 2. The number of nitrogens with zero attached hydrogens (tertiary/aromatic N) is 4. The van der Waals surface area contributed by atoms with Crippen LogP contribution in [-0.2, 0) is 0 Å². The highest BCUT2D eigenvalue weighted by atomic mass is 19.3. The van der Waals surface area contributed by atoms with Crippen LogP contribution in [0.4, 0.5) is 8.78 Å². The molecule has 0 N–H and O–H groups in total. The van der Waals surface area contributed by atoms with Crippen LogP contribution >= 0.6 is 0 Å². The fourth-order valence-electron chi connectivity index (χ4n) is 2.72. The zero-order valence-electron chi connectivity index (χ0n) is 14.4. The quantitative estimate of drug-likeness (QED) is 0.794.